The first-order valence-corrected chi connectivity index (χ1v) is 7.72. The second kappa shape index (κ2) is 8.25. The van der Waals surface area contributed by atoms with E-state index in [0.29, 0.717) is 24.2 Å². The van der Waals surface area contributed by atoms with Crippen LogP contribution in [0.5, 0.6) is 0 Å². The number of Topliss-reactive ketones (excluding diaryl/α,β-unsaturated/α-hetero) is 1. The Kier molecular flexibility index (Phi) is 6.06. The van der Waals surface area contributed by atoms with Gasteiger partial charge < -0.3 is 10.6 Å². The predicted octanol–water partition coefficient (Wildman–Crippen LogP) is 3.32. The molecule has 2 rings (SSSR count). The highest BCUT2D eigenvalue weighted by atomic mass is 16.1. The van der Waals surface area contributed by atoms with E-state index >= 15 is 0 Å². The molecule has 2 aromatic carbocycles. The zero-order valence-corrected chi connectivity index (χ0v) is 13.6. The van der Waals surface area contributed by atoms with Crippen molar-refractivity contribution in [3.05, 3.63) is 65.2 Å². The number of hydrogen-bond acceptors (Lipinski definition) is 3. The van der Waals surface area contributed by atoms with Crippen molar-refractivity contribution in [3.63, 3.8) is 0 Å². The quantitative estimate of drug-likeness (QED) is 0.609. The molecule has 0 aliphatic carbocycles. The van der Waals surface area contributed by atoms with Crippen molar-refractivity contribution in [3.8, 4) is 0 Å². The van der Waals surface area contributed by atoms with Gasteiger partial charge in [0.15, 0.2) is 5.78 Å². The van der Waals surface area contributed by atoms with Crippen LogP contribution in [0.4, 0.5) is 5.69 Å². The monoisotopic (exact) mass is 310 g/mol. The maximum atomic E-state index is 11.9. The SMILES string of the molecule is CC(=O)c1ccc(NC(=O)CCNCc2cccc(C)c2)cc1. The summed E-state index contributed by atoms with van der Waals surface area (Å²) in [4.78, 5) is 23.1. The third-order valence-corrected chi connectivity index (χ3v) is 3.52. The van der Waals surface area contributed by atoms with Gasteiger partial charge in [-0.15, -0.1) is 0 Å². The Hall–Kier alpha value is -2.46. The number of carbonyl (C=O) groups excluding carboxylic acids is 2. The van der Waals surface area contributed by atoms with Crippen LogP contribution in [0.15, 0.2) is 48.5 Å². The Balaban J connectivity index is 1.71. The predicted molar refractivity (Wildman–Crippen MR) is 92.6 cm³/mol. The van der Waals surface area contributed by atoms with Gasteiger partial charge in [0.2, 0.25) is 5.91 Å². The highest BCUT2D eigenvalue weighted by Gasteiger charge is 2.03. The molecular weight excluding hydrogens is 288 g/mol. The van der Waals surface area contributed by atoms with E-state index in [4.69, 9.17) is 0 Å². The van der Waals surface area contributed by atoms with Crippen molar-refractivity contribution in [2.75, 3.05) is 11.9 Å². The maximum absolute atomic E-state index is 11.9. The molecule has 0 aliphatic rings. The number of carbonyl (C=O) groups is 2. The molecule has 2 N–H and O–H groups in total. The summed E-state index contributed by atoms with van der Waals surface area (Å²) in [6.45, 7) is 4.95. The molecular formula is C19H22N2O2. The van der Waals surface area contributed by atoms with Gasteiger partial charge in [-0.1, -0.05) is 29.8 Å². The maximum Gasteiger partial charge on any atom is 0.225 e. The van der Waals surface area contributed by atoms with Crippen molar-refractivity contribution < 1.29 is 9.59 Å². The minimum absolute atomic E-state index is 0.0169. The average molecular weight is 310 g/mol. The summed E-state index contributed by atoms with van der Waals surface area (Å²) < 4.78 is 0. The molecule has 23 heavy (non-hydrogen) atoms. The molecule has 0 saturated carbocycles. The molecule has 0 bridgehead atoms. The fourth-order valence-corrected chi connectivity index (χ4v) is 2.27. The summed E-state index contributed by atoms with van der Waals surface area (Å²) in [5.41, 5.74) is 3.79. The molecule has 0 unspecified atom stereocenters. The fourth-order valence-electron chi connectivity index (χ4n) is 2.27. The van der Waals surface area contributed by atoms with E-state index in [9.17, 15) is 9.59 Å². The number of ketones is 1. The number of nitrogens with one attached hydrogen (secondary N) is 2. The van der Waals surface area contributed by atoms with Crippen molar-refractivity contribution in [1.29, 1.82) is 0 Å². The highest BCUT2D eigenvalue weighted by Crippen LogP contribution is 2.10. The van der Waals surface area contributed by atoms with Gasteiger partial charge in [0.05, 0.1) is 0 Å². The number of amides is 1. The van der Waals surface area contributed by atoms with E-state index in [2.05, 4.69) is 35.8 Å². The molecule has 0 aliphatic heterocycles. The van der Waals surface area contributed by atoms with Crippen molar-refractivity contribution in [2.24, 2.45) is 0 Å². The van der Waals surface area contributed by atoms with E-state index in [1.807, 2.05) is 6.07 Å². The van der Waals surface area contributed by atoms with Gasteiger partial charge in [0, 0.05) is 30.8 Å². The summed E-state index contributed by atoms with van der Waals surface area (Å²) >= 11 is 0. The molecule has 0 radical (unpaired) electrons. The number of hydrogen-bond donors (Lipinski definition) is 2. The Labute approximate surface area is 136 Å². The summed E-state index contributed by atoms with van der Waals surface area (Å²) in [6, 6.07) is 15.2. The first-order chi connectivity index (χ1) is 11.0. The smallest absolute Gasteiger partial charge is 0.225 e. The molecule has 0 fully saturated rings. The third-order valence-electron chi connectivity index (χ3n) is 3.52. The lowest BCUT2D eigenvalue weighted by Gasteiger charge is -2.07. The zero-order chi connectivity index (χ0) is 16.7. The van der Waals surface area contributed by atoms with Crippen molar-refractivity contribution in [2.45, 2.75) is 26.8 Å². The molecule has 0 atom stereocenters. The van der Waals surface area contributed by atoms with Crippen molar-refractivity contribution in [1.82, 2.24) is 5.32 Å². The minimum atomic E-state index is -0.0442. The van der Waals surface area contributed by atoms with Crippen LogP contribution in [0.3, 0.4) is 0 Å². The van der Waals surface area contributed by atoms with Gasteiger partial charge in [0.1, 0.15) is 0 Å². The van der Waals surface area contributed by atoms with E-state index in [1.165, 1.54) is 18.1 Å². The van der Waals surface area contributed by atoms with Gasteiger partial charge in [-0.05, 0) is 43.7 Å². The molecule has 1 amide bonds. The third kappa shape index (κ3) is 5.68. The summed E-state index contributed by atoms with van der Waals surface area (Å²) in [6.07, 6.45) is 0.403. The van der Waals surface area contributed by atoms with Crippen LogP contribution < -0.4 is 10.6 Å². The van der Waals surface area contributed by atoms with Gasteiger partial charge in [-0.2, -0.15) is 0 Å². The Morgan fingerprint density at radius 1 is 1.04 bits per heavy atom. The van der Waals surface area contributed by atoms with Crippen LogP contribution in [0.2, 0.25) is 0 Å². The minimum Gasteiger partial charge on any atom is -0.326 e. The van der Waals surface area contributed by atoms with Crippen LogP contribution in [0.25, 0.3) is 0 Å². The zero-order valence-electron chi connectivity index (χ0n) is 13.6. The van der Waals surface area contributed by atoms with Crippen LogP contribution in [0.1, 0.15) is 34.8 Å². The number of benzene rings is 2. The summed E-state index contributed by atoms with van der Waals surface area (Å²) in [5.74, 6) is -0.0273. The lowest BCUT2D eigenvalue weighted by atomic mass is 10.1. The van der Waals surface area contributed by atoms with E-state index in [0.717, 1.165) is 6.54 Å². The second-order valence-electron chi connectivity index (χ2n) is 5.60. The van der Waals surface area contributed by atoms with E-state index in [1.54, 1.807) is 24.3 Å². The molecule has 0 aromatic heterocycles. The van der Waals surface area contributed by atoms with E-state index < -0.39 is 0 Å². The van der Waals surface area contributed by atoms with Crippen molar-refractivity contribution >= 4 is 17.4 Å². The number of aryl methyl sites for hydroxylation is 1. The molecule has 0 spiro atoms. The van der Waals surface area contributed by atoms with Gasteiger partial charge in [-0.25, -0.2) is 0 Å². The molecule has 0 heterocycles. The highest BCUT2D eigenvalue weighted by molar-refractivity contribution is 5.95. The molecule has 4 heteroatoms. The summed E-state index contributed by atoms with van der Waals surface area (Å²) in [7, 11) is 0. The Morgan fingerprint density at radius 2 is 1.78 bits per heavy atom. The van der Waals surface area contributed by atoms with Crippen LogP contribution >= 0.6 is 0 Å². The second-order valence-corrected chi connectivity index (χ2v) is 5.60. The topological polar surface area (TPSA) is 58.2 Å². The Bertz CT molecular complexity index is 678. The van der Waals surface area contributed by atoms with Crippen LogP contribution in [-0.2, 0) is 11.3 Å². The molecule has 2 aromatic rings. The standard InChI is InChI=1S/C19H22N2O2/c1-14-4-3-5-16(12-14)13-20-11-10-19(23)21-18-8-6-17(7-9-18)15(2)22/h3-9,12,20H,10-11,13H2,1-2H3,(H,21,23). The van der Waals surface area contributed by atoms with E-state index in [-0.39, 0.29) is 11.7 Å². The molecule has 0 saturated heterocycles. The van der Waals surface area contributed by atoms with Gasteiger partial charge >= 0.3 is 0 Å². The van der Waals surface area contributed by atoms with Gasteiger partial charge in [0.25, 0.3) is 0 Å². The normalized spacial score (nSPS) is 10.3. The van der Waals surface area contributed by atoms with Crippen LogP contribution in [-0.4, -0.2) is 18.2 Å². The molecule has 4 nitrogen and oxygen atoms in total. The average Bonchev–Trinajstić information content (AvgIpc) is 2.52. The lowest BCUT2D eigenvalue weighted by Crippen LogP contribution is -2.21. The fraction of sp³-hybridized carbons (Fsp3) is 0.263. The first kappa shape index (κ1) is 16.9. The number of rotatable bonds is 7. The number of anilines is 1. The lowest BCUT2D eigenvalue weighted by molar-refractivity contribution is -0.116. The molecule has 120 valence electrons. The Morgan fingerprint density at radius 3 is 2.43 bits per heavy atom. The first-order valence-electron chi connectivity index (χ1n) is 7.72. The van der Waals surface area contributed by atoms with Crippen LogP contribution in [0, 0.1) is 6.92 Å². The largest absolute Gasteiger partial charge is 0.326 e. The summed E-state index contributed by atoms with van der Waals surface area (Å²) in [5, 5.41) is 6.09. The van der Waals surface area contributed by atoms with Gasteiger partial charge in [-0.3, -0.25) is 9.59 Å².